The number of hydrogen-bond acceptors (Lipinski definition) is 8. The van der Waals surface area contributed by atoms with Crippen molar-refractivity contribution in [2.24, 2.45) is 0 Å². The Morgan fingerprint density at radius 2 is 1.49 bits per heavy atom. The third-order valence-electron chi connectivity index (χ3n) is 7.51. The topological polar surface area (TPSA) is 104 Å². The van der Waals surface area contributed by atoms with Crippen LogP contribution in [0, 0.1) is 20.8 Å². The van der Waals surface area contributed by atoms with E-state index >= 15 is 0 Å². The second-order valence-corrected chi connectivity index (χ2v) is 11.3. The fraction of sp³-hybridized carbons (Fsp3) is 0.353. The van der Waals surface area contributed by atoms with Crippen molar-refractivity contribution < 1.29 is 28.2 Å². The predicted molar refractivity (Wildman–Crippen MR) is 161 cm³/mol. The smallest absolute Gasteiger partial charge is 0.410 e. The fourth-order valence-electron chi connectivity index (χ4n) is 5.55. The van der Waals surface area contributed by atoms with E-state index in [1.165, 1.54) is 0 Å². The molecule has 224 valence electrons. The molecule has 0 N–H and O–H groups in total. The van der Waals surface area contributed by atoms with Crippen LogP contribution in [0.15, 0.2) is 65.1 Å². The zero-order valence-electron chi connectivity index (χ0n) is 25.5. The molecule has 3 aromatic carbocycles. The summed E-state index contributed by atoms with van der Waals surface area (Å²) >= 11 is 0. The Morgan fingerprint density at radius 3 is 2.05 bits per heavy atom. The second-order valence-electron chi connectivity index (χ2n) is 11.3. The molecule has 4 aromatic rings. The minimum atomic E-state index is -1.16. The Labute approximate surface area is 251 Å². The SMILES string of the molecule is CCOC(=O)C(C)(C)Oc1c(C)cc(CN(Cc2nnc(C)o2)C(=O)OCC2c3ccccc3-c3ccccc32)cc1C. The Balaban J connectivity index is 1.36. The van der Waals surface area contributed by atoms with Crippen LogP contribution in [0.25, 0.3) is 11.1 Å². The first kappa shape index (κ1) is 29.8. The second kappa shape index (κ2) is 12.3. The number of rotatable bonds is 10. The summed E-state index contributed by atoms with van der Waals surface area (Å²) in [6, 6.07) is 20.3. The number of esters is 1. The van der Waals surface area contributed by atoms with Crippen LogP contribution in [0.3, 0.4) is 0 Å². The Morgan fingerprint density at radius 1 is 0.884 bits per heavy atom. The van der Waals surface area contributed by atoms with Crippen molar-refractivity contribution in [2.75, 3.05) is 13.2 Å². The van der Waals surface area contributed by atoms with Gasteiger partial charge in [0.1, 0.15) is 18.9 Å². The molecule has 1 aliphatic rings. The van der Waals surface area contributed by atoms with E-state index < -0.39 is 17.7 Å². The van der Waals surface area contributed by atoms with E-state index in [0.717, 1.165) is 38.9 Å². The Bertz CT molecular complexity index is 1570. The molecule has 1 amide bonds. The van der Waals surface area contributed by atoms with Crippen molar-refractivity contribution in [2.45, 2.75) is 66.2 Å². The number of fused-ring (bicyclic) bond motifs is 3. The van der Waals surface area contributed by atoms with Crippen molar-refractivity contribution in [3.63, 3.8) is 0 Å². The summed E-state index contributed by atoms with van der Waals surface area (Å²) < 4.78 is 22.9. The van der Waals surface area contributed by atoms with Crippen molar-refractivity contribution in [3.05, 3.63) is 100 Å². The van der Waals surface area contributed by atoms with E-state index in [4.69, 9.17) is 18.6 Å². The van der Waals surface area contributed by atoms with Crippen molar-refractivity contribution >= 4 is 12.1 Å². The molecular formula is C34H37N3O6. The van der Waals surface area contributed by atoms with Crippen LogP contribution in [0.4, 0.5) is 4.79 Å². The van der Waals surface area contributed by atoms with Crippen molar-refractivity contribution in [1.82, 2.24) is 15.1 Å². The number of amides is 1. The minimum absolute atomic E-state index is 0.0625. The van der Waals surface area contributed by atoms with Gasteiger partial charge in [-0.05, 0) is 73.6 Å². The van der Waals surface area contributed by atoms with Gasteiger partial charge in [0.15, 0.2) is 5.60 Å². The molecule has 0 unspecified atom stereocenters. The number of ether oxygens (including phenoxy) is 3. The van der Waals surface area contributed by atoms with Crippen LogP contribution in [-0.2, 0) is 27.4 Å². The predicted octanol–water partition coefficient (Wildman–Crippen LogP) is 6.67. The summed E-state index contributed by atoms with van der Waals surface area (Å²) in [6.07, 6.45) is -0.489. The van der Waals surface area contributed by atoms with Gasteiger partial charge >= 0.3 is 12.1 Å². The average Bonchev–Trinajstić information content (AvgIpc) is 3.53. The van der Waals surface area contributed by atoms with Gasteiger partial charge in [0.05, 0.1) is 6.61 Å². The van der Waals surface area contributed by atoms with E-state index in [2.05, 4.69) is 34.5 Å². The number of hydrogen-bond donors (Lipinski definition) is 0. The number of carbonyl (C=O) groups excluding carboxylic acids is 2. The summed E-state index contributed by atoms with van der Waals surface area (Å²) in [5.74, 6) is 0.833. The third kappa shape index (κ3) is 6.40. The molecule has 5 rings (SSSR count). The molecule has 43 heavy (non-hydrogen) atoms. The molecule has 0 spiro atoms. The van der Waals surface area contributed by atoms with Gasteiger partial charge in [-0.3, -0.25) is 4.90 Å². The van der Waals surface area contributed by atoms with Gasteiger partial charge in [-0.15, -0.1) is 10.2 Å². The maximum atomic E-state index is 13.6. The minimum Gasteiger partial charge on any atom is -0.476 e. The van der Waals surface area contributed by atoms with Gasteiger partial charge in [-0.1, -0.05) is 60.7 Å². The van der Waals surface area contributed by atoms with E-state index in [1.54, 1.807) is 32.6 Å². The lowest BCUT2D eigenvalue weighted by molar-refractivity contribution is -0.158. The Kier molecular flexibility index (Phi) is 8.52. The number of nitrogens with zero attached hydrogens (tertiary/aromatic N) is 3. The lowest BCUT2D eigenvalue weighted by Gasteiger charge is -2.27. The van der Waals surface area contributed by atoms with Crippen LogP contribution in [-0.4, -0.2) is 46.0 Å². The van der Waals surface area contributed by atoms with Crippen molar-refractivity contribution in [1.29, 1.82) is 0 Å². The molecule has 0 aliphatic heterocycles. The van der Waals surface area contributed by atoms with Gasteiger partial charge in [0, 0.05) is 19.4 Å². The van der Waals surface area contributed by atoms with Crippen LogP contribution in [0.5, 0.6) is 5.75 Å². The van der Waals surface area contributed by atoms with Gasteiger partial charge in [-0.25, -0.2) is 9.59 Å². The van der Waals surface area contributed by atoms with Crippen LogP contribution < -0.4 is 4.74 Å². The lowest BCUT2D eigenvalue weighted by atomic mass is 9.98. The zero-order valence-corrected chi connectivity index (χ0v) is 25.5. The molecule has 0 fully saturated rings. The molecule has 9 heteroatoms. The monoisotopic (exact) mass is 583 g/mol. The first-order valence-corrected chi connectivity index (χ1v) is 14.4. The fourth-order valence-corrected chi connectivity index (χ4v) is 5.55. The standard InChI is InChI=1S/C34H37N3O6/c1-7-40-32(38)34(5,6)43-31-21(2)16-24(17-22(31)3)18-37(19-30-36-35-23(4)42-30)33(39)41-20-29-27-14-10-8-12-25(27)26-13-9-11-15-28(26)29/h8-17,29H,7,18-20H2,1-6H3. The molecule has 0 bridgehead atoms. The van der Waals surface area contributed by atoms with Gasteiger partial charge < -0.3 is 18.6 Å². The lowest BCUT2D eigenvalue weighted by Crippen LogP contribution is -2.40. The number of benzene rings is 3. The molecule has 0 saturated carbocycles. The molecule has 0 atom stereocenters. The summed E-state index contributed by atoms with van der Waals surface area (Å²) in [6.45, 7) is 11.4. The quantitative estimate of drug-likeness (QED) is 0.191. The Hall–Kier alpha value is -4.66. The summed E-state index contributed by atoms with van der Waals surface area (Å²) in [7, 11) is 0. The average molecular weight is 584 g/mol. The molecule has 0 radical (unpaired) electrons. The third-order valence-corrected chi connectivity index (χ3v) is 7.51. The first-order chi connectivity index (χ1) is 20.6. The summed E-state index contributed by atoms with van der Waals surface area (Å²) in [4.78, 5) is 27.6. The molecule has 1 aromatic heterocycles. The largest absolute Gasteiger partial charge is 0.476 e. The highest BCUT2D eigenvalue weighted by Crippen LogP contribution is 2.44. The summed E-state index contributed by atoms with van der Waals surface area (Å²) in [5, 5.41) is 8.01. The van der Waals surface area contributed by atoms with E-state index in [1.807, 2.05) is 50.2 Å². The van der Waals surface area contributed by atoms with Crippen molar-refractivity contribution in [3.8, 4) is 16.9 Å². The van der Waals surface area contributed by atoms with Gasteiger partial charge in [-0.2, -0.15) is 0 Å². The van der Waals surface area contributed by atoms with E-state index in [0.29, 0.717) is 17.5 Å². The molecule has 9 nitrogen and oxygen atoms in total. The van der Waals surface area contributed by atoms with E-state index in [9.17, 15) is 9.59 Å². The number of carbonyl (C=O) groups is 2. The van der Waals surface area contributed by atoms with Gasteiger partial charge in [0.2, 0.25) is 11.8 Å². The molecular weight excluding hydrogens is 546 g/mol. The normalized spacial score (nSPS) is 12.4. The van der Waals surface area contributed by atoms with E-state index in [-0.39, 0.29) is 32.2 Å². The van der Waals surface area contributed by atoms with Crippen LogP contribution >= 0.6 is 0 Å². The van der Waals surface area contributed by atoms with Gasteiger partial charge in [0.25, 0.3) is 0 Å². The highest BCUT2D eigenvalue weighted by atomic mass is 16.6. The highest BCUT2D eigenvalue weighted by molar-refractivity contribution is 5.80. The molecule has 1 heterocycles. The maximum absolute atomic E-state index is 13.6. The number of aromatic nitrogens is 2. The highest BCUT2D eigenvalue weighted by Gasteiger charge is 2.33. The van der Waals surface area contributed by atoms with Crippen LogP contribution in [0.1, 0.15) is 66.3 Å². The maximum Gasteiger partial charge on any atom is 0.410 e. The zero-order chi connectivity index (χ0) is 30.7. The van der Waals surface area contributed by atoms with Crippen LogP contribution in [0.2, 0.25) is 0 Å². The molecule has 0 saturated heterocycles. The number of aryl methyl sites for hydroxylation is 3. The summed E-state index contributed by atoms with van der Waals surface area (Å²) in [5.41, 5.74) is 5.97. The molecule has 1 aliphatic carbocycles. The first-order valence-electron chi connectivity index (χ1n) is 14.4.